The van der Waals surface area contributed by atoms with E-state index in [-0.39, 0.29) is 11.3 Å². The molecule has 2 aromatic rings. The standard InChI is InChI=1S/C19H22N4O5/c1-5-20-15-8-6-14(10-16(15)23(25)26)19(24)22-21-12(2)13-7-9-17(27-3)18(11-13)28-4/h6-11,20H,5H2,1-4H3,(H,22,24). The normalized spacial score (nSPS) is 10.9. The molecule has 0 fully saturated rings. The summed E-state index contributed by atoms with van der Waals surface area (Å²) in [5.41, 5.74) is 4.00. The molecule has 0 aliphatic heterocycles. The minimum atomic E-state index is -0.550. The van der Waals surface area contributed by atoms with E-state index in [2.05, 4.69) is 15.8 Å². The summed E-state index contributed by atoms with van der Waals surface area (Å²) in [6.45, 7) is 4.08. The number of amides is 1. The highest BCUT2D eigenvalue weighted by atomic mass is 16.6. The molecule has 28 heavy (non-hydrogen) atoms. The van der Waals surface area contributed by atoms with E-state index >= 15 is 0 Å². The van der Waals surface area contributed by atoms with Gasteiger partial charge < -0.3 is 14.8 Å². The van der Waals surface area contributed by atoms with Crippen LogP contribution in [-0.2, 0) is 0 Å². The van der Waals surface area contributed by atoms with E-state index < -0.39 is 10.8 Å². The summed E-state index contributed by atoms with van der Waals surface area (Å²) in [6, 6.07) is 9.47. The number of benzene rings is 2. The maximum atomic E-state index is 12.3. The van der Waals surface area contributed by atoms with Gasteiger partial charge in [0.05, 0.1) is 24.9 Å². The third-order valence-electron chi connectivity index (χ3n) is 3.95. The number of carbonyl (C=O) groups is 1. The van der Waals surface area contributed by atoms with Crippen molar-refractivity contribution in [1.82, 2.24) is 5.43 Å². The molecule has 0 aromatic heterocycles. The van der Waals surface area contributed by atoms with Crippen LogP contribution in [0.5, 0.6) is 11.5 Å². The first kappa shape index (κ1) is 20.7. The highest BCUT2D eigenvalue weighted by molar-refractivity contribution is 6.01. The number of nitrogens with zero attached hydrogens (tertiary/aromatic N) is 2. The van der Waals surface area contributed by atoms with Crippen LogP contribution >= 0.6 is 0 Å². The summed E-state index contributed by atoms with van der Waals surface area (Å²) in [6.07, 6.45) is 0. The molecule has 0 unspecified atom stereocenters. The summed E-state index contributed by atoms with van der Waals surface area (Å²) in [7, 11) is 3.07. The van der Waals surface area contributed by atoms with E-state index in [0.717, 1.165) is 5.56 Å². The van der Waals surface area contributed by atoms with Crippen molar-refractivity contribution in [2.75, 3.05) is 26.1 Å². The molecule has 0 bridgehead atoms. The average molecular weight is 386 g/mol. The quantitative estimate of drug-likeness (QED) is 0.409. The molecule has 9 nitrogen and oxygen atoms in total. The Labute approximate surface area is 162 Å². The number of hydrogen-bond donors (Lipinski definition) is 2. The van der Waals surface area contributed by atoms with Gasteiger partial charge in [0.15, 0.2) is 11.5 Å². The third kappa shape index (κ3) is 4.76. The van der Waals surface area contributed by atoms with E-state index in [0.29, 0.717) is 29.4 Å². The van der Waals surface area contributed by atoms with E-state index in [1.165, 1.54) is 25.3 Å². The second-order valence-corrected chi connectivity index (χ2v) is 5.73. The van der Waals surface area contributed by atoms with Crippen LogP contribution in [0.25, 0.3) is 0 Å². The molecule has 0 atom stereocenters. The van der Waals surface area contributed by atoms with Crippen LogP contribution in [0.1, 0.15) is 29.8 Å². The molecule has 2 rings (SSSR count). The largest absolute Gasteiger partial charge is 0.493 e. The van der Waals surface area contributed by atoms with Crippen LogP contribution in [0.3, 0.4) is 0 Å². The van der Waals surface area contributed by atoms with Crippen molar-refractivity contribution in [3.63, 3.8) is 0 Å². The molecule has 9 heteroatoms. The second kappa shape index (κ2) is 9.36. The Morgan fingerprint density at radius 1 is 1.11 bits per heavy atom. The van der Waals surface area contributed by atoms with E-state index in [4.69, 9.17) is 9.47 Å². The van der Waals surface area contributed by atoms with Crippen molar-refractivity contribution in [1.29, 1.82) is 0 Å². The van der Waals surface area contributed by atoms with Crippen molar-refractivity contribution in [2.45, 2.75) is 13.8 Å². The molecule has 0 saturated carbocycles. The highest BCUT2D eigenvalue weighted by Gasteiger charge is 2.17. The summed E-state index contributed by atoms with van der Waals surface area (Å²) < 4.78 is 10.4. The van der Waals surface area contributed by atoms with Gasteiger partial charge in [-0.05, 0) is 44.2 Å². The Bertz CT molecular complexity index is 911. The van der Waals surface area contributed by atoms with Gasteiger partial charge in [-0.1, -0.05) is 0 Å². The van der Waals surface area contributed by atoms with Crippen LogP contribution < -0.4 is 20.2 Å². The minimum Gasteiger partial charge on any atom is -0.493 e. The second-order valence-electron chi connectivity index (χ2n) is 5.73. The lowest BCUT2D eigenvalue weighted by Crippen LogP contribution is -2.19. The molecule has 0 saturated heterocycles. The number of ether oxygens (including phenoxy) is 2. The third-order valence-corrected chi connectivity index (χ3v) is 3.95. The molecule has 2 N–H and O–H groups in total. The zero-order chi connectivity index (χ0) is 20.7. The van der Waals surface area contributed by atoms with Crippen molar-refractivity contribution in [3.8, 4) is 11.5 Å². The fourth-order valence-corrected chi connectivity index (χ4v) is 2.49. The number of anilines is 1. The van der Waals surface area contributed by atoms with Gasteiger partial charge in [0.1, 0.15) is 5.69 Å². The molecular formula is C19H22N4O5. The number of rotatable bonds is 8. The summed E-state index contributed by atoms with van der Waals surface area (Å²) in [5, 5.41) is 18.2. The monoisotopic (exact) mass is 386 g/mol. The Balaban J connectivity index is 2.20. The lowest BCUT2D eigenvalue weighted by Gasteiger charge is -2.10. The van der Waals surface area contributed by atoms with Gasteiger partial charge in [0.25, 0.3) is 11.6 Å². The Hall–Kier alpha value is -3.62. The first-order valence-electron chi connectivity index (χ1n) is 8.50. The molecule has 0 spiro atoms. The average Bonchev–Trinajstić information content (AvgIpc) is 2.71. The predicted octanol–water partition coefficient (Wildman–Crippen LogP) is 3.20. The molecule has 148 valence electrons. The highest BCUT2D eigenvalue weighted by Crippen LogP contribution is 2.28. The first-order valence-corrected chi connectivity index (χ1v) is 8.50. The summed E-state index contributed by atoms with van der Waals surface area (Å²) in [4.78, 5) is 23.0. The van der Waals surface area contributed by atoms with Crippen LogP contribution in [0, 0.1) is 10.1 Å². The Kier molecular flexibility index (Phi) is 6.91. The van der Waals surface area contributed by atoms with E-state index in [9.17, 15) is 14.9 Å². The van der Waals surface area contributed by atoms with Gasteiger partial charge in [0, 0.05) is 23.7 Å². The van der Waals surface area contributed by atoms with Crippen molar-refractivity contribution in [3.05, 3.63) is 57.6 Å². The topological polar surface area (TPSA) is 115 Å². The molecule has 0 radical (unpaired) electrons. The van der Waals surface area contributed by atoms with Crippen molar-refractivity contribution >= 4 is 23.0 Å². The molecule has 2 aromatic carbocycles. The Morgan fingerprint density at radius 3 is 2.39 bits per heavy atom. The minimum absolute atomic E-state index is 0.136. The molecule has 0 heterocycles. The van der Waals surface area contributed by atoms with Gasteiger partial charge in [-0.2, -0.15) is 5.10 Å². The SMILES string of the molecule is CCNc1ccc(C(=O)NN=C(C)c2ccc(OC)c(OC)c2)cc1[N+](=O)[O-]. The number of nitro groups is 1. The van der Waals surface area contributed by atoms with Gasteiger partial charge in [-0.15, -0.1) is 0 Å². The van der Waals surface area contributed by atoms with Crippen LogP contribution in [0.4, 0.5) is 11.4 Å². The maximum absolute atomic E-state index is 12.3. The van der Waals surface area contributed by atoms with Crippen LogP contribution in [0.15, 0.2) is 41.5 Å². The number of hydrogen-bond acceptors (Lipinski definition) is 7. The fraction of sp³-hybridized carbons (Fsp3) is 0.263. The smallest absolute Gasteiger partial charge is 0.293 e. The summed E-state index contributed by atoms with van der Waals surface area (Å²) >= 11 is 0. The van der Waals surface area contributed by atoms with Crippen LogP contribution in [-0.4, -0.2) is 37.3 Å². The van der Waals surface area contributed by atoms with Crippen molar-refractivity contribution in [2.24, 2.45) is 5.10 Å². The molecule has 0 aliphatic carbocycles. The molecule has 1 amide bonds. The fourth-order valence-electron chi connectivity index (χ4n) is 2.49. The lowest BCUT2D eigenvalue weighted by atomic mass is 10.1. The van der Waals surface area contributed by atoms with Crippen LogP contribution in [0.2, 0.25) is 0 Å². The Morgan fingerprint density at radius 2 is 1.79 bits per heavy atom. The molecular weight excluding hydrogens is 364 g/mol. The van der Waals surface area contributed by atoms with Gasteiger partial charge in [-0.3, -0.25) is 14.9 Å². The number of carbonyl (C=O) groups excluding carboxylic acids is 1. The van der Waals surface area contributed by atoms with E-state index in [1.807, 2.05) is 6.92 Å². The zero-order valence-corrected chi connectivity index (χ0v) is 16.1. The number of methoxy groups -OCH3 is 2. The number of nitrogens with one attached hydrogen (secondary N) is 2. The van der Waals surface area contributed by atoms with Gasteiger partial charge in [0.2, 0.25) is 0 Å². The number of hydrazone groups is 1. The summed E-state index contributed by atoms with van der Waals surface area (Å²) in [5.74, 6) is 0.567. The number of nitro benzene ring substituents is 1. The van der Waals surface area contributed by atoms with E-state index in [1.54, 1.807) is 32.2 Å². The maximum Gasteiger partial charge on any atom is 0.293 e. The first-order chi connectivity index (χ1) is 13.4. The predicted molar refractivity (Wildman–Crippen MR) is 106 cm³/mol. The van der Waals surface area contributed by atoms with Gasteiger partial charge in [-0.25, -0.2) is 5.43 Å². The zero-order valence-electron chi connectivity index (χ0n) is 16.1. The van der Waals surface area contributed by atoms with Gasteiger partial charge >= 0.3 is 0 Å². The molecule has 0 aliphatic rings. The van der Waals surface area contributed by atoms with Crippen molar-refractivity contribution < 1.29 is 19.2 Å². The lowest BCUT2D eigenvalue weighted by molar-refractivity contribution is -0.384.